The largest absolute Gasteiger partial charge is 0.432 e. The Hall–Kier alpha value is -1.85. The molecule has 0 amide bonds. The third-order valence-electron chi connectivity index (χ3n) is 2.59. The van der Waals surface area contributed by atoms with E-state index in [0.29, 0.717) is 4.57 Å². The van der Waals surface area contributed by atoms with Crippen molar-refractivity contribution in [3.05, 3.63) is 35.3 Å². The number of carbonyl (C=O) groups is 1. The van der Waals surface area contributed by atoms with E-state index in [9.17, 15) is 22.4 Å². The lowest BCUT2D eigenvalue weighted by Crippen LogP contribution is -2.13. The molecular weight excluding hydrogens is 238 g/mol. The lowest BCUT2D eigenvalue weighted by atomic mass is 10.1. The molecule has 2 nitrogen and oxygen atoms in total. The number of halogens is 4. The van der Waals surface area contributed by atoms with E-state index in [-0.39, 0.29) is 17.2 Å². The average Bonchev–Trinajstić information content (AvgIpc) is 2.52. The molecule has 0 aliphatic carbocycles. The molecule has 2 aromatic rings. The number of rotatable bonds is 1. The van der Waals surface area contributed by atoms with E-state index in [1.807, 2.05) is 0 Å². The second-order valence-corrected chi connectivity index (χ2v) is 3.57. The van der Waals surface area contributed by atoms with Gasteiger partial charge in [0.2, 0.25) is 0 Å². The number of aryl methyl sites for hydroxylation is 1. The molecule has 0 spiro atoms. The Bertz CT molecular complexity index is 598. The van der Waals surface area contributed by atoms with E-state index >= 15 is 0 Å². The summed E-state index contributed by atoms with van der Waals surface area (Å²) in [4.78, 5) is 10.8. The van der Waals surface area contributed by atoms with E-state index in [2.05, 4.69) is 0 Å². The van der Waals surface area contributed by atoms with Crippen LogP contribution in [0.25, 0.3) is 10.9 Å². The molecule has 0 saturated carbocycles. The molecule has 0 unspecified atom stereocenters. The summed E-state index contributed by atoms with van der Waals surface area (Å²) in [5.41, 5.74) is -1.89. The lowest BCUT2D eigenvalue weighted by Gasteiger charge is -2.08. The van der Waals surface area contributed by atoms with Crippen LogP contribution < -0.4 is 0 Å². The van der Waals surface area contributed by atoms with Gasteiger partial charge in [0.15, 0.2) is 6.29 Å². The second kappa shape index (κ2) is 3.58. The van der Waals surface area contributed by atoms with E-state index < -0.39 is 23.3 Å². The quantitative estimate of drug-likeness (QED) is 0.558. The van der Waals surface area contributed by atoms with Gasteiger partial charge < -0.3 is 4.57 Å². The highest BCUT2D eigenvalue weighted by Crippen LogP contribution is 2.37. The minimum absolute atomic E-state index is 0.0326. The third kappa shape index (κ3) is 1.60. The van der Waals surface area contributed by atoms with Crippen molar-refractivity contribution in [1.82, 2.24) is 4.57 Å². The van der Waals surface area contributed by atoms with Gasteiger partial charge in [0, 0.05) is 12.4 Å². The maximum atomic E-state index is 13.5. The van der Waals surface area contributed by atoms with Crippen LogP contribution in [0, 0.1) is 5.82 Å². The van der Waals surface area contributed by atoms with Gasteiger partial charge in [-0.3, -0.25) is 4.79 Å². The molecule has 0 radical (unpaired) electrons. The summed E-state index contributed by atoms with van der Waals surface area (Å²) < 4.78 is 52.4. The summed E-state index contributed by atoms with van der Waals surface area (Å²) in [6.45, 7) is 0. The first kappa shape index (κ1) is 11.6. The van der Waals surface area contributed by atoms with Crippen LogP contribution >= 0.6 is 0 Å². The van der Waals surface area contributed by atoms with E-state index in [0.717, 1.165) is 13.1 Å². The lowest BCUT2D eigenvalue weighted by molar-refractivity contribution is -0.143. The minimum atomic E-state index is -4.70. The Kier molecular flexibility index (Phi) is 2.45. The van der Waals surface area contributed by atoms with Crippen molar-refractivity contribution in [3.8, 4) is 0 Å². The van der Waals surface area contributed by atoms with E-state index in [1.54, 1.807) is 0 Å². The topological polar surface area (TPSA) is 22.0 Å². The smallest absolute Gasteiger partial charge is 0.337 e. The molecule has 1 heterocycles. The van der Waals surface area contributed by atoms with Gasteiger partial charge >= 0.3 is 6.18 Å². The van der Waals surface area contributed by atoms with Crippen LogP contribution in [0.3, 0.4) is 0 Å². The van der Waals surface area contributed by atoms with Gasteiger partial charge in [-0.05, 0) is 6.07 Å². The normalized spacial score (nSPS) is 12.1. The number of carbonyl (C=O) groups excluding carboxylic acids is 1. The average molecular weight is 245 g/mol. The zero-order chi connectivity index (χ0) is 12.8. The number of para-hydroxylation sites is 1. The summed E-state index contributed by atoms with van der Waals surface area (Å²) in [7, 11) is 1.08. The van der Waals surface area contributed by atoms with Gasteiger partial charge in [-0.2, -0.15) is 13.2 Å². The maximum Gasteiger partial charge on any atom is 0.432 e. The van der Waals surface area contributed by atoms with Gasteiger partial charge in [-0.25, -0.2) is 4.39 Å². The van der Waals surface area contributed by atoms with Gasteiger partial charge in [0.25, 0.3) is 0 Å². The van der Waals surface area contributed by atoms with E-state index in [4.69, 9.17) is 0 Å². The highest BCUT2D eigenvalue weighted by atomic mass is 19.4. The Morgan fingerprint density at radius 1 is 1.29 bits per heavy atom. The number of nitrogens with zero attached hydrogens (tertiary/aromatic N) is 1. The molecule has 17 heavy (non-hydrogen) atoms. The van der Waals surface area contributed by atoms with Crippen LogP contribution in [0.2, 0.25) is 0 Å². The first-order valence-electron chi connectivity index (χ1n) is 4.67. The number of hydrogen-bond donors (Lipinski definition) is 0. The summed E-state index contributed by atoms with van der Waals surface area (Å²) >= 11 is 0. The maximum absolute atomic E-state index is 13.5. The molecule has 1 aromatic carbocycles. The van der Waals surface area contributed by atoms with Crippen molar-refractivity contribution in [3.63, 3.8) is 0 Å². The first-order valence-corrected chi connectivity index (χ1v) is 4.67. The predicted octanol–water partition coefficient (Wildman–Crippen LogP) is 3.15. The van der Waals surface area contributed by atoms with Crippen molar-refractivity contribution in [2.24, 2.45) is 7.05 Å². The number of fused-ring (bicyclic) bond motifs is 1. The van der Waals surface area contributed by atoms with Crippen LogP contribution in [-0.2, 0) is 13.2 Å². The van der Waals surface area contributed by atoms with E-state index in [1.165, 1.54) is 12.1 Å². The molecule has 0 aliphatic rings. The predicted molar refractivity (Wildman–Crippen MR) is 53.3 cm³/mol. The van der Waals surface area contributed by atoms with Crippen LogP contribution in [0.15, 0.2) is 18.2 Å². The van der Waals surface area contributed by atoms with Gasteiger partial charge in [0.1, 0.15) is 11.5 Å². The molecular formula is C11H7F4NO. The van der Waals surface area contributed by atoms with Crippen LogP contribution in [0.5, 0.6) is 0 Å². The van der Waals surface area contributed by atoms with Crippen molar-refractivity contribution in [2.45, 2.75) is 6.18 Å². The summed E-state index contributed by atoms with van der Waals surface area (Å²) in [6.07, 6.45) is -4.60. The molecule has 1 aromatic heterocycles. The second-order valence-electron chi connectivity index (χ2n) is 3.57. The van der Waals surface area contributed by atoms with Crippen LogP contribution in [0.4, 0.5) is 17.6 Å². The van der Waals surface area contributed by atoms with Crippen LogP contribution in [0.1, 0.15) is 16.1 Å². The molecule has 0 aliphatic heterocycles. The minimum Gasteiger partial charge on any atom is -0.337 e. The highest BCUT2D eigenvalue weighted by Gasteiger charge is 2.38. The number of aromatic nitrogens is 1. The Morgan fingerprint density at radius 3 is 2.47 bits per heavy atom. The fourth-order valence-corrected chi connectivity index (χ4v) is 1.96. The molecule has 2 rings (SSSR count). The SMILES string of the molecule is Cn1c(C(F)(F)F)c(C=O)c2cccc(F)c21. The Morgan fingerprint density at radius 2 is 1.94 bits per heavy atom. The van der Waals surface area contributed by atoms with Crippen molar-refractivity contribution in [1.29, 1.82) is 0 Å². The van der Waals surface area contributed by atoms with Crippen molar-refractivity contribution < 1.29 is 22.4 Å². The molecule has 0 fully saturated rings. The number of alkyl halides is 3. The van der Waals surface area contributed by atoms with Gasteiger partial charge in [-0.15, -0.1) is 0 Å². The molecule has 0 N–H and O–H groups in total. The standard InChI is InChI=1S/C11H7F4NO/c1-16-9-6(3-2-4-8(9)12)7(5-17)10(16)11(13,14)15/h2-5H,1H3. The first-order chi connectivity index (χ1) is 7.88. The Labute approximate surface area is 93.5 Å². The Balaban J connectivity index is 2.99. The molecule has 0 saturated heterocycles. The monoisotopic (exact) mass is 245 g/mol. The number of hydrogen-bond acceptors (Lipinski definition) is 1. The zero-order valence-electron chi connectivity index (χ0n) is 8.68. The fourth-order valence-electron chi connectivity index (χ4n) is 1.96. The molecule has 0 atom stereocenters. The number of aldehydes is 1. The van der Waals surface area contributed by atoms with Gasteiger partial charge in [-0.1, -0.05) is 12.1 Å². The van der Waals surface area contributed by atoms with Crippen molar-refractivity contribution >= 4 is 17.2 Å². The number of benzene rings is 1. The highest BCUT2D eigenvalue weighted by molar-refractivity contribution is 5.99. The summed E-state index contributed by atoms with van der Waals surface area (Å²) in [5.74, 6) is -0.788. The molecule has 0 bridgehead atoms. The zero-order valence-corrected chi connectivity index (χ0v) is 8.68. The third-order valence-corrected chi connectivity index (χ3v) is 2.59. The van der Waals surface area contributed by atoms with Crippen LogP contribution in [-0.4, -0.2) is 10.9 Å². The molecule has 6 heteroatoms. The fraction of sp³-hybridized carbons (Fsp3) is 0.182. The summed E-state index contributed by atoms with van der Waals surface area (Å²) in [6, 6.07) is 3.61. The molecule has 90 valence electrons. The summed E-state index contributed by atoms with van der Waals surface area (Å²) in [5, 5.41) is -0.0326. The van der Waals surface area contributed by atoms with Crippen molar-refractivity contribution in [2.75, 3.05) is 0 Å². The van der Waals surface area contributed by atoms with Gasteiger partial charge in [0.05, 0.1) is 11.1 Å².